The molecule has 5 atom stereocenters. The number of fused-ring (bicyclic) bond motifs is 1. The summed E-state index contributed by atoms with van der Waals surface area (Å²) >= 11 is 0. The molecule has 8 heteroatoms. The topological polar surface area (TPSA) is 126 Å². The first-order valence-electron chi connectivity index (χ1n) is 7.00. The third-order valence-electron chi connectivity index (χ3n) is 3.70. The number of rotatable bonds is 2. The molecular formula is C15H16O8. The molecule has 0 spiro atoms. The molecule has 2 heterocycles. The SMILES string of the molecule is O=C1O[C@H]2[C@@H](OC1=Cc1ccc(O)cc1)O[C@H](CO)[C@H](O)[C@H]2O. The van der Waals surface area contributed by atoms with Gasteiger partial charge in [0, 0.05) is 0 Å². The van der Waals surface area contributed by atoms with Gasteiger partial charge in [0.2, 0.25) is 12.0 Å². The van der Waals surface area contributed by atoms with Crippen LogP contribution in [-0.4, -0.2) is 63.7 Å². The van der Waals surface area contributed by atoms with Gasteiger partial charge in [-0.15, -0.1) is 0 Å². The zero-order chi connectivity index (χ0) is 16.6. The predicted molar refractivity (Wildman–Crippen MR) is 74.8 cm³/mol. The van der Waals surface area contributed by atoms with Crippen molar-refractivity contribution in [1.29, 1.82) is 0 Å². The fourth-order valence-electron chi connectivity index (χ4n) is 2.45. The standard InChI is InChI=1S/C15H16O8/c16-6-10-11(18)12(19)13-15(22-10)21-9(14(20)23-13)5-7-1-3-8(17)4-2-7/h1-5,10-13,15-19H,6H2/t10-,11+,12-,13-,15+/m1/s1. The smallest absolute Gasteiger partial charge is 0.374 e. The Balaban J connectivity index is 1.81. The van der Waals surface area contributed by atoms with Crippen molar-refractivity contribution in [2.45, 2.75) is 30.7 Å². The maximum atomic E-state index is 12.0. The number of carbonyl (C=O) groups is 1. The Bertz CT molecular complexity index is 610. The van der Waals surface area contributed by atoms with Crippen molar-refractivity contribution >= 4 is 12.0 Å². The molecule has 4 N–H and O–H groups in total. The van der Waals surface area contributed by atoms with Crippen LogP contribution < -0.4 is 0 Å². The third kappa shape index (κ3) is 3.02. The fourth-order valence-corrected chi connectivity index (χ4v) is 2.45. The van der Waals surface area contributed by atoms with E-state index in [1.165, 1.54) is 18.2 Å². The highest BCUT2D eigenvalue weighted by atomic mass is 16.7. The van der Waals surface area contributed by atoms with Crippen LogP contribution >= 0.6 is 0 Å². The van der Waals surface area contributed by atoms with Gasteiger partial charge in [-0.05, 0) is 23.8 Å². The molecule has 0 aromatic heterocycles. The summed E-state index contributed by atoms with van der Waals surface area (Å²) in [7, 11) is 0. The molecule has 0 radical (unpaired) electrons. The lowest BCUT2D eigenvalue weighted by Gasteiger charge is -2.43. The lowest BCUT2D eigenvalue weighted by molar-refractivity contribution is -0.308. The highest BCUT2D eigenvalue weighted by Gasteiger charge is 2.51. The second kappa shape index (κ2) is 6.17. The van der Waals surface area contributed by atoms with Gasteiger partial charge in [0.1, 0.15) is 24.1 Å². The van der Waals surface area contributed by atoms with Crippen LogP contribution in [0.5, 0.6) is 5.75 Å². The second-order valence-electron chi connectivity index (χ2n) is 5.29. The van der Waals surface area contributed by atoms with E-state index in [4.69, 9.17) is 19.3 Å². The Morgan fingerprint density at radius 2 is 1.78 bits per heavy atom. The van der Waals surface area contributed by atoms with Crippen LogP contribution in [0.3, 0.4) is 0 Å². The number of aromatic hydroxyl groups is 1. The van der Waals surface area contributed by atoms with E-state index < -0.39 is 43.3 Å². The molecule has 0 unspecified atom stereocenters. The number of carbonyl (C=O) groups excluding carboxylic acids is 1. The molecule has 2 aliphatic heterocycles. The van der Waals surface area contributed by atoms with Gasteiger partial charge in [0.05, 0.1) is 6.61 Å². The van der Waals surface area contributed by atoms with E-state index in [0.717, 1.165) is 0 Å². The quantitative estimate of drug-likeness (QED) is 0.408. The summed E-state index contributed by atoms with van der Waals surface area (Å²) in [5, 5.41) is 38.1. The number of esters is 1. The third-order valence-corrected chi connectivity index (χ3v) is 3.70. The first-order chi connectivity index (χ1) is 11.0. The summed E-state index contributed by atoms with van der Waals surface area (Å²) in [6.07, 6.45) is -4.78. The largest absolute Gasteiger partial charge is 0.508 e. The van der Waals surface area contributed by atoms with E-state index in [1.807, 2.05) is 0 Å². The molecule has 124 valence electrons. The van der Waals surface area contributed by atoms with E-state index in [1.54, 1.807) is 12.1 Å². The maximum absolute atomic E-state index is 12.0. The monoisotopic (exact) mass is 324 g/mol. The first kappa shape index (κ1) is 15.8. The van der Waals surface area contributed by atoms with Gasteiger partial charge in [-0.25, -0.2) is 4.79 Å². The van der Waals surface area contributed by atoms with Crippen LogP contribution in [0.15, 0.2) is 30.0 Å². The van der Waals surface area contributed by atoms with Crippen molar-refractivity contribution in [3.63, 3.8) is 0 Å². The summed E-state index contributed by atoms with van der Waals surface area (Å²) in [5.41, 5.74) is 0.586. The van der Waals surface area contributed by atoms with Crippen molar-refractivity contribution in [1.82, 2.24) is 0 Å². The molecule has 2 saturated heterocycles. The van der Waals surface area contributed by atoms with Crippen molar-refractivity contribution < 1.29 is 39.4 Å². The summed E-state index contributed by atoms with van der Waals surface area (Å²) in [5.74, 6) is -0.869. The minimum absolute atomic E-state index is 0.0814. The van der Waals surface area contributed by atoms with Crippen LogP contribution in [0.2, 0.25) is 0 Å². The molecule has 0 aliphatic carbocycles. The Labute approximate surface area is 131 Å². The van der Waals surface area contributed by atoms with Gasteiger partial charge in [0.25, 0.3) is 0 Å². The zero-order valence-corrected chi connectivity index (χ0v) is 11.9. The average Bonchev–Trinajstić information content (AvgIpc) is 2.54. The summed E-state index contributed by atoms with van der Waals surface area (Å²) in [4.78, 5) is 12.0. The predicted octanol–water partition coefficient (Wildman–Crippen LogP) is -0.886. The molecule has 2 fully saturated rings. The first-order valence-corrected chi connectivity index (χ1v) is 7.00. The number of aliphatic hydroxyl groups excluding tert-OH is 3. The van der Waals surface area contributed by atoms with Crippen LogP contribution in [0.25, 0.3) is 6.08 Å². The number of benzene rings is 1. The van der Waals surface area contributed by atoms with Crippen LogP contribution in [0, 0.1) is 0 Å². The van der Waals surface area contributed by atoms with E-state index in [2.05, 4.69) is 0 Å². The van der Waals surface area contributed by atoms with Gasteiger partial charge in [0.15, 0.2) is 6.10 Å². The van der Waals surface area contributed by atoms with Gasteiger partial charge in [-0.2, -0.15) is 0 Å². The Hall–Kier alpha value is -2.13. The van der Waals surface area contributed by atoms with E-state index in [9.17, 15) is 20.1 Å². The van der Waals surface area contributed by atoms with Gasteiger partial charge in [-0.1, -0.05) is 12.1 Å². The summed E-state index contributed by atoms with van der Waals surface area (Å²) < 4.78 is 15.8. The normalized spacial score (nSPS) is 35.3. The minimum atomic E-state index is -1.43. The molecule has 8 nitrogen and oxygen atoms in total. The minimum Gasteiger partial charge on any atom is -0.508 e. The lowest BCUT2D eigenvalue weighted by Crippen LogP contribution is -2.62. The maximum Gasteiger partial charge on any atom is 0.374 e. The second-order valence-corrected chi connectivity index (χ2v) is 5.29. The molecule has 1 aromatic carbocycles. The van der Waals surface area contributed by atoms with E-state index in [0.29, 0.717) is 5.56 Å². The van der Waals surface area contributed by atoms with Gasteiger partial charge in [-0.3, -0.25) is 0 Å². The highest BCUT2D eigenvalue weighted by Crippen LogP contribution is 2.31. The van der Waals surface area contributed by atoms with Gasteiger partial charge < -0.3 is 34.6 Å². The summed E-state index contributed by atoms with van der Waals surface area (Å²) in [6.45, 7) is -0.518. The molecule has 2 aliphatic rings. The Morgan fingerprint density at radius 3 is 2.43 bits per heavy atom. The fraction of sp³-hybridized carbons (Fsp3) is 0.400. The summed E-state index contributed by atoms with van der Waals surface area (Å²) in [6, 6.07) is 6.04. The number of hydrogen-bond acceptors (Lipinski definition) is 8. The molecule has 0 saturated carbocycles. The number of phenols is 1. The molecule has 23 heavy (non-hydrogen) atoms. The molecule has 0 bridgehead atoms. The Morgan fingerprint density at radius 1 is 1.09 bits per heavy atom. The Kier molecular flexibility index (Phi) is 4.22. The van der Waals surface area contributed by atoms with Crippen molar-refractivity contribution in [3.05, 3.63) is 35.6 Å². The van der Waals surface area contributed by atoms with Crippen molar-refractivity contribution in [2.75, 3.05) is 6.61 Å². The van der Waals surface area contributed by atoms with Crippen molar-refractivity contribution in [3.8, 4) is 5.75 Å². The van der Waals surface area contributed by atoms with Crippen molar-refractivity contribution in [2.24, 2.45) is 0 Å². The highest BCUT2D eigenvalue weighted by molar-refractivity contribution is 5.92. The van der Waals surface area contributed by atoms with E-state index >= 15 is 0 Å². The molecule has 0 amide bonds. The van der Waals surface area contributed by atoms with Crippen LogP contribution in [0.4, 0.5) is 0 Å². The molecule has 1 aromatic rings. The number of hydrogen-bond donors (Lipinski definition) is 4. The lowest BCUT2D eigenvalue weighted by atomic mass is 9.98. The molecular weight excluding hydrogens is 308 g/mol. The number of ether oxygens (including phenoxy) is 3. The van der Waals surface area contributed by atoms with Crippen LogP contribution in [0.1, 0.15) is 5.56 Å². The number of phenolic OH excluding ortho intramolecular Hbond substituents is 1. The van der Waals surface area contributed by atoms with Crippen LogP contribution in [-0.2, 0) is 19.0 Å². The average molecular weight is 324 g/mol. The molecule has 3 rings (SSSR count). The van der Waals surface area contributed by atoms with Gasteiger partial charge >= 0.3 is 5.97 Å². The number of aliphatic hydroxyl groups is 3. The van der Waals surface area contributed by atoms with E-state index in [-0.39, 0.29) is 11.5 Å². The zero-order valence-electron chi connectivity index (χ0n) is 11.9.